The Morgan fingerprint density at radius 3 is 2.89 bits per heavy atom. The lowest BCUT2D eigenvalue weighted by atomic mass is 10.1. The van der Waals surface area contributed by atoms with Gasteiger partial charge in [0.25, 0.3) is 0 Å². The maximum atomic E-state index is 12.6. The summed E-state index contributed by atoms with van der Waals surface area (Å²) in [7, 11) is 0. The molecule has 0 spiro atoms. The highest BCUT2D eigenvalue weighted by Gasteiger charge is 2.34. The first-order valence-corrected chi connectivity index (χ1v) is 9.20. The van der Waals surface area contributed by atoms with Crippen LogP contribution in [0.1, 0.15) is 35.9 Å². The lowest BCUT2D eigenvalue weighted by Crippen LogP contribution is -2.39. The first kappa shape index (κ1) is 17.3. The van der Waals surface area contributed by atoms with Crippen LogP contribution in [0.4, 0.5) is 4.79 Å². The van der Waals surface area contributed by atoms with Crippen LogP contribution >= 0.6 is 0 Å². The molecule has 0 aliphatic carbocycles. The fraction of sp³-hybridized carbons (Fsp3) is 0.286. The summed E-state index contributed by atoms with van der Waals surface area (Å²) >= 11 is 0. The van der Waals surface area contributed by atoms with Crippen molar-refractivity contribution in [2.24, 2.45) is 0 Å². The number of nitrogens with zero attached hydrogens (tertiary/aromatic N) is 3. The third kappa shape index (κ3) is 3.84. The van der Waals surface area contributed by atoms with E-state index in [1.54, 1.807) is 4.90 Å². The summed E-state index contributed by atoms with van der Waals surface area (Å²) in [5, 5.41) is 7.10. The van der Waals surface area contributed by atoms with Crippen LogP contribution in [0.25, 0.3) is 11.4 Å². The van der Waals surface area contributed by atoms with E-state index < -0.39 is 0 Å². The monoisotopic (exact) mass is 362 g/mol. The van der Waals surface area contributed by atoms with Gasteiger partial charge < -0.3 is 14.7 Å². The number of aromatic nitrogens is 2. The third-order valence-corrected chi connectivity index (χ3v) is 4.80. The first-order valence-electron chi connectivity index (χ1n) is 9.20. The molecule has 3 aromatic rings. The van der Waals surface area contributed by atoms with E-state index in [1.807, 2.05) is 61.5 Å². The summed E-state index contributed by atoms with van der Waals surface area (Å²) in [6, 6.07) is 17.6. The summed E-state index contributed by atoms with van der Waals surface area (Å²) in [6.07, 6.45) is 1.75. The van der Waals surface area contributed by atoms with Gasteiger partial charge in [0.05, 0.1) is 0 Å². The Labute approximate surface area is 158 Å². The van der Waals surface area contributed by atoms with Crippen molar-refractivity contribution in [3.05, 3.63) is 71.6 Å². The topological polar surface area (TPSA) is 71.3 Å². The van der Waals surface area contributed by atoms with E-state index >= 15 is 0 Å². The maximum absolute atomic E-state index is 12.6. The number of hydrogen-bond donors (Lipinski definition) is 1. The highest BCUT2D eigenvalue weighted by Crippen LogP contribution is 2.32. The molecule has 2 aromatic carbocycles. The van der Waals surface area contributed by atoms with Gasteiger partial charge in [-0.2, -0.15) is 4.98 Å². The van der Waals surface area contributed by atoms with Gasteiger partial charge in [-0.25, -0.2) is 4.79 Å². The SMILES string of the molecule is Cc1cccc(-c2noc([C@@H]3CCCN3C(=O)NCc3ccccc3)n2)c1. The molecule has 1 aromatic heterocycles. The van der Waals surface area contributed by atoms with Crippen molar-refractivity contribution >= 4 is 6.03 Å². The van der Waals surface area contributed by atoms with Crippen molar-refractivity contribution in [3.63, 3.8) is 0 Å². The number of amides is 2. The summed E-state index contributed by atoms with van der Waals surface area (Å²) in [5.41, 5.74) is 3.13. The average Bonchev–Trinajstić information content (AvgIpc) is 3.36. The quantitative estimate of drug-likeness (QED) is 0.759. The molecule has 0 bridgehead atoms. The average molecular weight is 362 g/mol. The van der Waals surface area contributed by atoms with Crippen molar-refractivity contribution in [1.82, 2.24) is 20.4 Å². The van der Waals surface area contributed by atoms with Crippen LogP contribution in [-0.4, -0.2) is 27.6 Å². The fourth-order valence-corrected chi connectivity index (χ4v) is 3.41. The smallest absolute Gasteiger partial charge is 0.318 e. The molecule has 2 amide bonds. The van der Waals surface area contributed by atoms with Gasteiger partial charge in [-0.3, -0.25) is 0 Å². The molecule has 0 saturated carbocycles. The van der Waals surface area contributed by atoms with E-state index in [0.29, 0.717) is 24.8 Å². The summed E-state index contributed by atoms with van der Waals surface area (Å²) in [5.74, 6) is 1.06. The molecule has 0 unspecified atom stereocenters. The highest BCUT2D eigenvalue weighted by molar-refractivity contribution is 5.75. The minimum absolute atomic E-state index is 0.100. The molecule has 0 radical (unpaired) electrons. The number of carbonyl (C=O) groups is 1. The standard InChI is InChI=1S/C21H22N4O2/c1-15-7-5-10-17(13-15)19-23-20(27-24-19)18-11-6-12-25(18)21(26)22-14-16-8-3-2-4-9-16/h2-5,7-10,13,18H,6,11-12,14H2,1H3,(H,22,26)/t18-/m0/s1. The molecule has 6 nitrogen and oxygen atoms in total. The van der Waals surface area contributed by atoms with Crippen LogP contribution in [0.2, 0.25) is 0 Å². The van der Waals surface area contributed by atoms with Crippen molar-refractivity contribution in [2.75, 3.05) is 6.54 Å². The lowest BCUT2D eigenvalue weighted by Gasteiger charge is -2.22. The number of aryl methyl sites for hydroxylation is 1. The zero-order valence-corrected chi connectivity index (χ0v) is 15.3. The molecule has 6 heteroatoms. The maximum Gasteiger partial charge on any atom is 0.318 e. The van der Waals surface area contributed by atoms with Gasteiger partial charge in [-0.15, -0.1) is 0 Å². The molecule has 2 heterocycles. The van der Waals surface area contributed by atoms with Gasteiger partial charge in [0.1, 0.15) is 6.04 Å². The van der Waals surface area contributed by atoms with Crippen molar-refractivity contribution < 1.29 is 9.32 Å². The number of likely N-dealkylation sites (tertiary alicyclic amines) is 1. The summed E-state index contributed by atoms with van der Waals surface area (Å²) in [4.78, 5) is 19.0. The zero-order valence-electron chi connectivity index (χ0n) is 15.3. The number of carbonyl (C=O) groups excluding carboxylic acids is 1. The van der Waals surface area contributed by atoms with Gasteiger partial charge in [-0.1, -0.05) is 59.3 Å². The van der Waals surface area contributed by atoms with E-state index in [-0.39, 0.29) is 12.1 Å². The largest absolute Gasteiger partial charge is 0.337 e. The Balaban J connectivity index is 1.46. The van der Waals surface area contributed by atoms with E-state index in [9.17, 15) is 4.79 Å². The third-order valence-electron chi connectivity index (χ3n) is 4.80. The Morgan fingerprint density at radius 1 is 1.22 bits per heavy atom. The Hall–Kier alpha value is -3.15. The van der Waals surface area contributed by atoms with E-state index in [1.165, 1.54) is 0 Å². The number of rotatable bonds is 4. The number of nitrogens with one attached hydrogen (secondary N) is 1. The minimum Gasteiger partial charge on any atom is -0.337 e. The van der Waals surface area contributed by atoms with Crippen LogP contribution in [0.5, 0.6) is 0 Å². The molecule has 27 heavy (non-hydrogen) atoms. The first-order chi connectivity index (χ1) is 13.2. The van der Waals surface area contributed by atoms with Crippen molar-refractivity contribution in [3.8, 4) is 11.4 Å². The molecule has 1 saturated heterocycles. The molecular formula is C21H22N4O2. The fourth-order valence-electron chi connectivity index (χ4n) is 3.41. The molecule has 4 rings (SSSR count). The Kier molecular flexibility index (Phi) is 4.87. The van der Waals surface area contributed by atoms with Crippen LogP contribution in [0.3, 0.4) is 0 Å². The lowest BCUT2D eigenvalue weighted by molar-refractivity contribution is 0.180. The normalized spacial score (nSPS) is 16.5. The van der Waals surface area contributed by atoms with Gasteiger partial charge >= 0.3 is 6.03 Å². The van der Waals surface area contributed by atoms with Gasteiger partial charge in [0.15, 0.2) is 0 Å². The Morgan fingerprint density at radius 2 is 2.07 bits per heavy atom. The molecule has 1 fully saturated rings. The molecule has 1 N–H and O–H groups in total. The molecule has 1 atom stereocenters. The van der Waals surface area contributed by atoms with Crippen LogP contribution in [-0.2, 0) is 6.54 Å². The molecule has 1 aliphatic rings. The summed E-state index contributed by atoms with van der Waals surface area (Å²) < 4.78 is 5.50. The second-order valence-electron chi connectivity index (χ2n) is 6.82. The van der Waals surface area contributed by atoms with E-state index in [2.05, 4.69) is 15.5 Å². The Bertz CT molecular complexity index is 923. The van der Waals surface area contributed by atoms with Crippen LogP contribution < -0.4 is 5.32 Å². The van der Waals surface area contributed by atoms with Crippen molar-refractivity contribution in [2.45, 2.75) is 32.4 Å². The minimum atomic E-state index is -0.174. The zero-order chi connectivity index (χ0) is 18.6. The molecule has 1 aliphatic heterocycles. The van der Waals surface area contributed by atoms with Gasteiger partial charge in [0, 0.05) is 18.7 Å². The van der Waals surface area contributed by atoms with Crippen molar-refractivity contribution in [1.29, 1.82) is 0 Å². The number of benzene rings is 2. The molecular weight excluding hydrogens is 340 g/mol. The van der Waals surface area contributed by atoms with E-state index in [4.69, 9.17) is 4.52 Å². The second-order valence-corrected chi connectivity index (χ2v) is 6.82. The predicted molar refractivity (Wildman–Crippen MR) is 102 cm³/mol. The second kappa shape index (κ2) is 7.61. The number of urea groups is 1. The van der Waals surface area contributed by atoms with Gasteiger partial charge in [0.2, 0.25) is 11.7 Å². The van der Waals surface area contributed by atoms with E-state index in [0.717, 1.165) is 29.5 Å². The van der Waals surface area contributed by atoms with Crippen LogP contribution in [0.15, 0.2) is 59.1 Å². The van der Waals surface area contributed by atoms with Crippen LogP contribution in [0, 0.1) is 6.92 Å². The van der Waals surface area contributed by atoms with Gasteiger partial charge in [-0.05, 0) is 31.4 Å². The summed E-state index contributed by atoms with van der Waals surface area (Å²) in [6.45, 7) is 3.22. The number of hydrogen-bond acceptors (Lipinski definition) is 4. The highest BCUT2D eigenvalue weighted by atomic mass is 16.5. The predicted octanol–water partition coefficient (Wildman–Crippen LogP) is 4.09. The molecule has 138 valence electrons.